The van der Waals surface area contributed by atoms with E-state index in [-0.39, 0.29) is 35.5 Å². The third kappa shape index (κ3) is 8.97. The molecule has 320 valence electrons. The molecule has 6 aromatic rings. The smallest absolute Gasteiger partial charge is 0.407 e. The minimum Gasteiger partial charge on any atom is -0.453 e. The number of likely N-dealkylation sites (tertiary alicyclic amines) is 1. The van der Waals surface area contributed by atoms with Crippen molar-refractivity contribution in [3.63, 3.8) is 0 Å². The highest BCUT2D eigenvalue weighted by Crippen LogP contribution is 2.41. The van der Waals surface area contributed by atoms with Gasteiger partial charge in [-0.3, -0.25) is 9.59 Å². The molecule has 1 aliphatic heterocycles. The van der Waals surface area contributed by atoms with Crippen molar-refractivity contribution in [3.8, 4) is 33.6 Å². The minimum atomic E-state index is -0.698. The molecule has 13 nitrogen and oxygen atoms in total. The van der Waals surface area contributed by atoms with Gasteiger partial charge in [-0.2, -0.15) is 0 Å². The largest absolute Gasteiger partial charge is 0.453 e. The van der Waals surface area contributed by atoms with Gasteiger partial charge >= 0.3 is 12.2 Å². The summed E-state index contributed by atoms with van der Waals surface area (Å²) in [6.07, 6.45) is 6.92. The fourth-order valence-corrected chi connectivity index (χ4v) is 9.11. The summed E-state index contributed by atoms with van der Waals surface area (Å²) in [5.41, 5.74) is 6.89. The predicted molar refractivity (Wildman–Crippen MR) is 237 cm³/mol. The number of fused-ring (bicyclic) bond motifs is 1. The van der Waals surface area contributed by atoms with Crippen molar-refractivity contribution in [1.29, 1.82) is 0 Å². The van der Waals surface area contributed by atoms with E-state index < -0.39 is 24.3 Å². The van der Waals surface area contributed by atoms with E-state index in [0.29, 0.717) is 13.0 Å². The fourth-order valence-electron chi connectivity index (χ4n) is 9.11. The average molecular weight is 836 g/mol. The highest BCUT2D eigenvalue weighted by Gasteiger charge is 2.40. The first-order chi connectivity index (χ1) is 30.1. The number of nitrogens with zero attached hydrogens (tertiary/aromatic N) is 3. The van der Waals surface area contributed by atoms with Crippen LogP contribution in [0.2, 0.25) is 0 Å². The minimum absolute atomic E-state index is 0.0000332. The van der Waals surface area contributed by atoms with Gasteiger partial charge in [-0.15, -0.1) is 0 Å². The molecule has 4 N–H and O–H groups in total. The van der Waals surface area contributed by atoms with Gasteiger partial charge in [0.05, 0.1) is 50.1 Å². The van der Waals surface area contributed by atoms with Gasteiger partial charge in [0.15, 0.2) is 5.78 Å². The van der Waals surface area contributed by atoms with E-state index in [1.165, 1.54) is 14.2 Å². The number of hydrogen-bond acceptors (Lipinski definition) is 8. The Labute approximate surface area is 361 Å². The number of benzene rings is 4. The molecule has 2 fully saturated rings. The van der Waals surface area contributed by atoms with Crippen molar-refractivity contribution in [2.45, 2.75) is 76.4 Å². The van der Waals surface area contributed by atoms with Crippen molar-refractivity contribution in [3.05, 3.63) is 121 Å². The summed E-state index contributed by atoms with van der Waals surface area (Å²) >= 11 is 0. The monoisotopic (exact) mass is 835 g/mol. The van der Waals surface area contributed by atoms with Crippen molar-refractivity contribution < 1.29 is 28.7 Å². The van der Waals surface area contributed by atoms with E-state index in [9.17, 15) is 19.2 Å². The number of amides is 3. The normalized spacial score (nSPS) is 18.4. The quantitative estimate of drug-likeness (QED) is 0.0895. The second-order valence-corrected chi connectivity index (χ2v) is 16.7. The summed E-state index contributed by atoms with van der Waals surface area (Å²) in [4.78, 5) is 70.2. The molecule has 3 heterocycles. The summed E-state index contributed by atoms with van der Waals surface area (Å²) in [5.74, 6) is 0.927. The van der Waals surface area contributed by atoms with Crippen LogP contribution in [0.1, 0.15) is 75.1 Å². The number of rotatable bonds is 13. The highest BCUT2D eigenvalue weighted by atomic mass is 16.5. The van der Waals surface area contributed by atoms with Gasteiger partial charge < -0.3 is 35.0 Å². The molecule has 8 rings (SSSR count). The van der Waals surface area contributed by atoms with Crippen LogP contribution in [0.15, 0.2) is 103 Å². The second kappa shape index (κ2) is 18.5. The van der Waals surface area contributed by atoms with E-state index >= 15 is 0 Å². The van der Waals surface area contributed by atoms with Crippen LogP contribution in [0.4, 0.5) is 9.59 Å². The van der Waals surface area contributed by atoms with Gasteiger partial charge in [0.25, 0.3) is 0 Å². The molecule has 13 heteroatoms. The number of carbonyl (C=O) groups is 4. The Morgan fingerprint density at radius 1 is 0.710 bits per heavy atom. The standard InChI is InChI=1S/C49H53N7O6/c1-29(2)43(55-49(60)62-4)47(58)56-23-9-14-42(56)46-51-28-41(53-46)36-22-21-34-25-33(19-20-35(34)26-36)31-15-17-32(18-16-31)40-27-50-45(52-40)38-13-8-12-37(38)44(57)39(54-48(59)61-3)24-30-10-6-5-7-11-30/h5-7,10-11,15-22,25-29,37-39,42-43H,8-9,12-14,23-24H2,1-4H3,(H,50,52)(H,51,53)(H,54,59)(H,55,60)/t37?,38-,39+,42+,43+/m1/s1. The molecule has 5 atom stereocenters. The molecule has 62 heavy (non-hydrogen) atoms. The lowest BCUT2D eigenvalue weighted by Crippen LogP contribution is -2.51. The van der Waals surface area contributed by atoms with Crippen molar-refractivity contribution in [2.24, 2.45) is 11.8 Å². The summed E-state index contributed by atoms with van der Waals surface area (Å²) < 4.78 is 9.64. The lowest BCUT2D eigenvalue weighted by Gasteiger charge is -2.30. The Kier molecular flexibility index (Phi) is 12.5. The van der Waals surface area contributed by atoms with E-state index in [0.717, 1.165) is 93.7 Å². The first-order valence-electron chi connectivity index (χ1n) is 21.4. The number of aromatic nitrogens is 4. The van der Waals surface area contributed by atoms with Gasteiger partial charge in [-0.25, -0.2) is 19.6 Å². The molecular weight excluding hydrogens is 783 g/mol. The van der Waals surface area contributed by atoms with Crippen LogP contribution < -0.4 is 10.6 Å². The molecule has 1 aliphatic carbocycles. The number of alkyl carbamates (subject to hydrolysis) is 2. The fraction of sp³-hybridized carbons (Fsp3) is 0.347. The van der Waals surface area contributed by atoms with Gasteiger partial charge in [0, 0.05) is 23.9 Å². The predicted octanol–water partition coefficient (Wildman–Crippen LogP) is 8.75. The summed E-state index contributed by atoms with van der Waals surface area (Å²) in [5, 5.41) is 7.69. The van der Waals surface area contributed by atoms with E-state index in [1.54, 1.807) is 0 Å². The number of H-pyrrole nitrogens is 2. The molecule has 0 radical (unpaired) electrons. The first-order valence-corrected chi connectivity index (χ1v) is 21.4. The molecule has 3 amide bonds. The maximum Gasteiger partial charge on any atom is 0.407 e. The van der Waals surface area contributed by atoms with E-state index in [4.69, 9.17) is 19.4 Å². The zero-order valence-corrected chi connectivity index (χ0v) is 35.5. The number of imidazole rings is 2. The van der Waals surface area contributed by atoms with Crippen LogP contribution in [0.5, 0.6) is 0 Å². The van der Waals surface area contributed by atoms with Gasteiger partial charge in [-0.05, 0) is 83.2 Å². The van der Waals surface area contributed by atoms with Crippen LogP contribution in [0, 0.1) is 11.8 Å². The van der Waals surface area contributed by atoms with Crippen LogP contribution >= 0.6 is 0 Å². The Morgan fingerprint density at radius 2 is 1.32 bits per heavy atom. The average Bonchev–Trinajstić information content (AvgIpc) is 4.15. The third-order valence-corrected chi connectivity index (χ3v) is 12.5. The maximum atomic E-state index is 14.0. The molecule has 0 bridgehead atoms. The van der Waals surface area contributed by atoms with Gasteiger partial charge in [0.1, 0.15) is 17.7 Å². The lowest BCUT2D eigenvalue weighted by molar-refractivity contribution is -0.135. The number of carbonyl (C=O) groups excluding carboxylic acids is 4. The van der Waals surface area contributed by atoms with E-state index in [2.05, 4.69) is 81.3 Å². The van der Waals surface area contributed by atoms with Crippen molar-refractivity contribution >= 4 is 34.6 Å². The number of methoxy groups -OCH3 is 2. The molecule has 2 aromatic heterocycles. The van der Waals surface area contributed by atoms with Gasteiger partial charge in [0.2, 0.25) is 5.91 Å². The first kappa shape index (κ1) is 42.0. The molecule has 4 aromatic carbocycles. The lowest BCUT2D eigenvalue weighted by atomic mass is 9.86. The summed E-state index contributed by atoms with van der Waals surface area (Å²) in [7, 11) is 2.60. The second-order valence-electron chi connectivity index (χ2n) is 16.7. The zero-order valence-electron chi connectivity index (χ0n) is 35.5. The van der Waals surface area contributed by atoms with Crippen LogP contribution in [0.3, 0.4) is 0 Å². The van der Waals surface area contributed by atoms with Crippen LogP contribution in [-0.2, 0) is 25.5 Å². The maximum absolute atomic E-state index is 14.0. The van der Waals surface area contributed by atoms with Crippen LogP contribution in [0.25, 0.3) is 44.4 Å². The van der Waals surface area contributed by atoms with Crippen molar-refractivity contribution in [1.82, 2.24) is 35.5 Å². The topological polar surface area (TPSA) is 171 Å². The third-order valence-electron chi connectivity index (χ3n) is 12.5. The molecule has 1 saturated heterocycles. The molecule has 1 saturated carbocycles. The Balaban J connectivity index is 0.934. The number of Topliss-reactive ketones (excluding diaryl/α,β-unsaturated/α-hetero) is 1. The molecule has 2 aliphatic rings. The molecule has 1 unspecified atom stereocenters. The number of ether oxygens (including phenoxy) is 2. The van der Waals surface area contributed by atoms with E-state index in [1.807, 2.05) is 61.5 Å². The number of hydrogen-bond donors (Lipinski definition) is 4. The Morgan fingerprint density at radius 3 is 2.03 bits per heavy atom. The molecular formula is C49H53N7O6. The van der Waals surface area contributed by atoms with Crippen molar-refractivity contribution in [2.75, 3.05) is 20.8 Å². The van der Waals surface area contributed by atoms with Crippen LogP contribution in [-0.4, -0.2) is 81.6 Å². The number of nitrogens with one attached hydrogen (secondary N) is 4. The van der Waals surface area contributed by atoms with Gasteiger partial charge in [-0.1, -0.05) is 99.1 Å². The number of ketones is 1. The SMILES string of the molecule is COC(=O)N[C@@H](Cc1ccccc1)C(=O)C1CCC[C@H]1c1ncc(-c2ccc(-c3ccc4cc(-c5cnc([C@@H]6CCCN6C(=O)[C@@H](NC(=O)OC)C(C)C)[nH]5)ccc4c3)cc2)[nH]1. The summed E-state index contributed by atoms with van der Waals surface area (Å²) in [6.45, 7) is 4.40. The Bertz CT molecular complexity index is 2550. The Hall–Kier alpha value is -6.76. The zero-order chi connectivity index (χ0) is 43.3. The highest BCUT2D eigenvalue weighted by molar-refractivity contribution is 5.92. The number of aromatic amines is 2. The molecule has 0 spiro atoms. The summed E-state index contributed by atoms with van der Waals surface area (Å²) in [6, 6.07) is 29.3.